The molecule has 3 nitrogen and oxygen atoms in total. The van der Waals surface area contributed by atoms with Crippen molar-refractivity contribution in [3.05, 3.63) is 29.8 Å². The van der Waals surface area contributed by atoms with Gasteiger partial charge in [-0.3, -0.25) is 0 Å². The second kappa shape index (κ2) is 5.20. The van der Waals surface area contributed by atoms with Gasteiger partial charge >= 0.3 is 0 Å². The summed E-state index contributed by atoms with van der Waals surface area (Å²) in [5.41, 5.74) is 7.65. The number of para-hydroxylation sites is 1. The molecule has 0 spiro atoms. The minimum Gasteiger partial charge on any atom is -0.366 e. The summed E-state index contributed by atoms with van der Waals surface area (Å²) in [7, 11) is 0. The molecule has 1 aliphatic rings. The fourth-order valence-electron chi connectivity index (χ4n) is 2.61. The van der Waals surface area contributed by atoms with Crippen LogP contribution < -0.4 is 10.6 Å². The number of hydrogen-bond donors (Lipinski definition) is 1. The van der Waals surface area contributed by atoms with Crippen molar-refractivity contribution in [2.75, 3.05) is 18.0 Å². The first kappa shape index (κ1) is 11.9. The fourth-order valence-corrected chi connectivity index (χ4v) is 2.61. The standard InChI is InChI=1S/C14H19N3/c1-11-6-7-17(13(8-11)10-16)14-5-3-2-4-12(14)9-15/h2-5,11,13H,6-8,10,16H2,1H3. The molecule has 1 aliphatic heterocycles. The van der Waals surface area contributed by atoms with Crippen molar-refractivity contribution in [1.82, 2.24) is 0 Å². The highest BCUT2D eigenvalue weighted by Gasteiger charge is 2.26. The predicted molar refractivity (Wildman–Crippen MR) is 69.7 cm³/mol. The molecule has 0 bridgehead atoms. The molecule has 1 aromatic carbocycles. The van der Waals surface area contributed by atoms with Gasteiger partial charge in [0.2, 0.25) is 0 Å². The molecule has 0 aliphatic carbocycles. The van der Waals surface area contributed by atoms with E-state index in [0.29, 0.717) is 12.6 Å². The maximum atomic E-state index is 9.15. The summed E-state index contributed by atoms with van der Waals surface area (Å²) in [6.07, 6.45) is 2.30. The molecule has 2 atom stereocenters. The highest BCUT2D eigenvalue weighted by molar-refractivity contribution is 5.60. The van der Waals surface area contributed by atoms with Crippen molar-refractivity contribution in [3.8, 4) is 6.07 Å². The zero-order valence-electron chi connectivity index (χ0n) is 10.3. The van der Waals surface area contributed by atoms with E-state index >= 15 is 0 Å². The molecule has 0 amide bonds. The van der Waals surface area contributed by atoms with Crippen LogP contribution in [0.15, 0.2) is 24.3 Å². The number of nitriles is 1. The monoisotopic (exact) mass is 229 g/mol. The summed E-state index contributed by atoms with van der Waals surface area (Å²) in [5.74, 6) is 0.731. The highest BCUT2D eigenvalue weighted by atomic mass is 15.2. The molecular formula is C14H19N3. The SMILES string of the molecule is CC1CCN(c2ccccc2C#N)C(CN)C1. The molecule has 1 heterocycles. The first-order chi connectivity index (χ1) is 8.26. The van der Waals surface area contributed by atoms with Crippen LogP contribution in [0.5, 0.6) is 0 Å². The summed E-state index contributed by atoms with van der Waals surface area (Å²) in [6.45, 7) is 3.93. The zero-order valence-corrected chi connectivity index (χ0v) is 10.3. The van der Waals surface area contributed by atoms with Crippen molar-refractivity contribution in [1.29, 1.82) is 5.26 Å². The Kier molecular flexibility index (Phi) is 3.65. The van der Waals surface area contributed by atoms with E-state index in [1.807, 2.05) is 24.3 Å². The molecule has 0 aromatic heterocycles. The van der Waals surface area contributed by atoms with Gasteiger partial charge in [-0.1, -0.05) is 19.1 Å². The van der Waals surface area contributed by atoms with Crippen LogP contribution in [0.1, 0.15) is 25.3 Å². The third kappa shape index (κ3) is 2.42. The lowest BCUT2D eigenvalue weighted by Crippen LogP contribution is -2.46. The van der Waals surface area contributed by atoms with Gasteiger partial charge in [0.1, 0.15) is 6.07 Å². The van der Waals surface area contributed by atoms with Crippen LogP contribution in [-0.4, -0.2) is 19.1 Å². The Hall–Kier alpha value is -1.53. The molecule has 3 heteroatoms. The second-order valence-electron chi connectivity index (χ2n) is 4.84. The van der Waals surface area contributed by atoms with Crippen molar-refractivity contribution in [3.63, 3.8) is 0 Å². The predicted octanol–water partition coefficient (Wildman–Crippen LogP) is 2.12. The number of benzene rings is 1. The van der Waals surface area contributed by atoms with Gasteiger partial charge in [-0.2, -0.15) is 5.26 Å². The van der Waals surface area contributed by atoms with Crippen LogP contribution in [-0.2, 0) is 0 Å². The number of nitrogens with two attached hydrogens (primary N) is 1. The minimum atomic E-state index is 0.369. The van der Waals surface area contributed by atoms with Gasteiger partial charge < -0.3 is 10.6 Å². The highest BCUT2D eigenvalue weighted by Crippen LogP contribution is 2.29. The van der Waals surface area contributed by atoms with E-state index in [1.54, 1.807) is 0 Å². The van der Waals surface area contributed by atoms with Crippen molar-refractivity contribution >= 4 is 5.69 Å². The van der Waals surface area contributed by atoms with Crippen molar-refractivity contribution < 1.29 is 0 Å². The molecule has 2 rings (SSSR count). The third-order valence-corrected chi connectivity index (χ3v) is 3.58. The molecule has 0 saturated carbocycles. The first-order valence-electron chi connectivity index (χ1n) is 6.22. The topological polar surface area (TPSA) is 53.0 Å². The number of nitrogens with zero attached hydrogens (tertiary/aromatic N) is 2. The molecule has 0 radical (unpaired) electrons. The van der Waals surface area contributed by atoms with Crippen LogP contribution in [0, 0.1) is 17.2 Å². The molecule has 17 heavy (non-hydrogen) atoms. The first-order valence-corrected chi connectivity index (χ1v) is 6.22. The van der Waals surface area contributed by atoms with E-state index in [9.17, 15) is 0 Å². The number of anilines is 1. The lowest BCUT2D eigenvalue weighted by atomic mass is 9.91. The van der Waals surface area contributed by atoms with Crippen LogP contribution in [0.3, 0.4) is 0 Å². The van der Waals surface area contributed by atoms with Crippen molar-refractivity contribution in [2.24, 2.45) is 11.7 Å². The zero-order chi connectivity index (χ0) is 12.3. The number of piperidine rings is 1. The largest absolute Gasteiger partial charge is 0.366 e. The van der Waals surface area contributed by atoms with E-state index in [-0.39, 0.29) is 0 Å². The lowest BCUT2D eigenvalue weighted by Gasteiger charge is -2.40. The smallest absolute Gasteiger partial charge is 0.101 e. The Morgan fingerprint density at radius 1 is 1.47 bits per heavy atom. The molecular weight excluding hydrogens is 210 g/mol. The van der Waals surface area contributed by atoms with Gasteiger partial charge in [0, 0.05) is 19.1 Å². The summed E-state index contributed by atoms with van der Waals surface area (Å²) >= 11 is 0. The molecule has 1 fully saturated rings. The van der Waals surface area contributed by atoms with Crippen LogP contribution in [0.25, 0.3) is 0 Å². The van der Waals surface area contributed by atoms with Gasteiger partial charge in [0.15, 0.2) is 0 Å². The Balaban J connectivity index is 2.29. The summed E-state index contributed by atoms with van der Waals surface area (Å²) in [4.78, 5) is 2.30. The Morgan fingerprint density at radius 3 is 2.94 bits per heavy atom. The van der Waals surface area contributed by atoms with Crippen LogP contribution >= 0.6 is 0 Å². The quantitative estimate of drug-likeness (QED) is 0.845. The molecule has 2 N–H and O–H groups in total. The number of rotatable bonds is 2. The van der Waals surface area contributed by atoms with E-state index in [2.05, 4.69) is 17.9 Å². The molecule has 2 unspecified atom stereocenters. The van der Waals surface area contributed by atoms with Gasteiger partial charge in [0.25, 0.3) is 0 Å². The second-order valence-corrected chi connectivity index (χ2v) is 4.84. The minimum absolute atomic E-state index is 0.369. The summed E-state index contributed by atoms with van der Waals surface area (Å²) in [6, 6.07) is 10.4. The lowest BCUT2D eigenvalue weighted by molar-refractivity contribution is 0.366. The maximum Gasteiger partial charge on any atom is 0.101 e. The molecule has 90 valence electrons. The fraction of sp³-hybridized carbons (Fsp3) is 0.500. The normalized spacial score (nSPS) is 24.4. The summed E-state index contributed by atoms with van der Waals surface area (Å²) in [5, 5.41) is 9.15. The summed E-state index contributed by atoms with van der Waals surface area (Å²) < 4.78 is 0. The van der Waals surface area contributed by atoms with Crippen LogP contribution in [0.2, 0.25) is 0 Å². The maximum absolute atomic E-state index is 9.15. The van der Waals surface area contributed by atoms with E-state index in [4.69, 9.17) is 11.0 Å². The van der Waals surface area contributed by atoms with E-state index in [1.165, 1.54) is 6.42 Å². The average molecular weight is 229 g/mol. The number of hydrogen-bond acceptors (Lipinski definition) is 3. The van der Waals surface area contributed by atoms with Crippen LogP contribution in [0.4, 0.5) is 5.69 Å². The van der Waals surface area contributed by atoms with E-state index in [0.717, 1.165) is 30.1 Å². The van der Waals surface area contributed by atoms with Gasteiger partial charge in [-0.05, 0) is 30.9 Å². The van der Waals surface area contributed by atoms with Crippen molar-refractivity contribution in [2.45, 2.75) is 25.8 Å². The Morgan fingerprint density at radius 2 is 2.24 bits per heavy atom. The molecule has 1 saturated heterocycles. The Labute approximate surface area is 103 Å². The van der Waals surface area contributed by atoms with Gasteiger partial charge in [-0.15, -0.1) is 0 Å². The molecule has 1 aromatic rings. The Bertz CT molecular complexity index is 422. The van der Waals surface area contributed by atoms with E-state index < -0.39 is 0 Å². The third-order valence-electron chi connectivity index (χ3n) is 3.58. The van der Waals surface area contributed by atoms with Gasteiger partial charge in [-0.25, -0.2) is 0 Å². The average Bonchev–Trinajstić information content (AvgIpc) is 2.38. The van der Waals surface area contributed by atoms with Gasteiger partial charge in [0.05, 0.1) is 11.3 Å².